The molecule has 4 rings (SSSR count). The molecule has 2 aromatic carbocycles. The van der Waals surface area contributed by atoms with Crippen LogP contribution in [-0.4, -0.2) is 54.0 Å². The number of hydrogen-bond acceptors (Lipinski definition) is 5. The third-order valence-corrected chi connectivity index (χ3v) is 8.26. The molecule has 1 heterocycles. The number of carboxylic acids is 1. The van der Waals surface area contributed by atoms with Crippen LogP contribution in [0.15, 0.2) is 48.5 Å². The Balaban J connectivity index is 1.64. The number of nitrogens with zero attached hydrogens (tertiary/aromatic N) is 2. The highest BCUT2D eigenvalue weighted by Crippen LogP contribution is 2.37. The van der Waals surface area contributed by atoms with Crippen LogP contribution in [0.5, 0.6) is 0 Å². The van der Waals surface area contributed by atoms with E-state index in [1.807, 2.05) is 45.0 Å². The lowest BCUT2D eigenvalue weighted by Gasteiger charge is -2.37. The van der Waals surface area contributed by atoms with Crippen LogP contribution in [0.2, 0.25) is 0 Å². The van der Waals surface area contributed by atoms with Crippen molar-refractivity contribution in [2.45, 2.75) is 84.2 Å². The van der Waals surface area contributed by atoms with Gasteiger partial charge in [-0.15, -0.1) is 0 Å². The number of hydrogen-bond donors (Lipinski definition) is 3. The fraction of sp³-hybridized carbons (Fsp3) is 0.500. The van der Waals surface area contributed by atoms with Crippen LogP contribution in [0.1, 0.15) is 72.3 Å². The number of benzene rings is 2. The average molecular weight is 563 g/mol. The number of carboxylic acid groups (broad SMARTS) is 1. The molecule has 0 bridgehead atoms. The van der Waals surface area contributed by atoms with Gasteiger partial charge in [-0.2, -0.15) is 0 Å². The highest BCUT2D eigenvalue weighted by molar-refractivity contribution is 6.08. The first kappa shape index (κ1) is 30.1. The first-order valence-corrected chi connectivity index (χ1v) is 14.4. The summed E-state index contributed by atoms with van der Waals surface area (Å²) >= 11 is 0. The number of nitrogens with one attached hydrogen (secondary N) is 2. The third-order valence-electron chi connectivity index (χ3n) is 8.26. The normalized spacial score (nSPS) is 18.4. The maximum Gasteiger partial charge on any atom is 0.319 e. The number of anilines is 3. The fourth-order valence-electron chi connectivity index (χ4n) is 5.44. The summed E-state index contributed by atoms with van der Waals surface area (Å²) in [5, 5.41) is 15.3. The summed E-state index contributed by atoms with van der Waals surface area (Å²) in [6.45, 7) is 8.89. The smallest absolute Gasteiger partial charge is 0.319 e. The van der Waals surface area contributed by atoms with Crippen molar-refractivity contribution >= 4 is 40.8 Å². The number of rotatable bonds is 7. The first-order chi connectivity index (χ1) is 19.3. The van der Waals surface area contributed by atoms with Gasteiger partial charge in [-0.3, -0.25) is 14.4 Å². The van der Waals surface area contributed by atoms with Crippen molar-refractivity contribution in [3.63, 3.8) is 0 Å². The molecule has 0 saturated heterocycles. The number of carbonyl (C=O) groups excluding carboxylic acids is 3. The second-order valence-corrected chi connectivity index (χ2v) is 12.7. The van der Waals surface area contributed by atoms with E-state index < -0.39 is 28.9 Å². The average Bonchev–Trinajstić information content (AvgIpc) is 3.03. The number of carbonyl (C=O) groups is 4. The van der Waals surface area contributed by atoms with E-state index >= 15 is 0 Å². The van der Waals surface area contributed by atoms with Gasteiger partial charge in [0.15, 0.2) is 5.78 Å². The molecule has 0 aromatic heterocycles. The van der Waals surface area contributed by atoms with Gasteiger partial charge in [0, 0.05) is 23.7 Å². The van der Waals surface area contributed by atoms with E-state index in [1.165, 1.54) is 11.3 Å². The summed E-state index contributed by atoms with van der Waals surface area (Å²) in [7, 11) is 0. The Bertz CT molecular complexity index is 1310. The molecule has 9 nitrogen and oxygen atoms in total. The Morgan fingerprint density at radius 1 is 0.927 bits per heavy atom. The Hall–Kier alpha value is -3.88. The van der Waals surface area contributed by atoms with E-state index in [4.69, 9.17) is 0 Å². The molecule has 1 aliphatic carbocycles. The maximum absolute atomic E-state index is 14.1. The maximum atomic E-state index is 14.1. The van der Waals surface area contributed by atoms with Gasteiger partial charge in [-0.1, -0.05) is 64.3 Å². The quantitative estimate of drug-likeness (QED) is 0.419. The van der Waals surface area contributed by atoms with Crippen molar-refractivity contribution in [3.8, 4) is 0 Å². The van der Waals surface area contributed by atoms with Crippen LogP contribution in [0.3, 0.4) is 0 Å². The van der Waals surface area contributed by atoms with Gasteiger partial charge in [0.05, 0.1) is 23.3 Å². The highest BCUT2D eigenvalue weighted by atomic mass is 16.4. The van der Waals surface area contributed by atoms with Crippen molar-refractivity contribution in [3.05, 3.63) is 54.1 Å². The van der Waals surface area contributed by atoms with Crippen LogP contribution >= 0.6 is 0 Å². The lowest BCUT2D eigenvalue weighted by molar-refractivity contribution is -0.142. The minimum atomic E-state index is -1.14. The molecular weight excluding hydrogens is 520 g/mol. The van der Waals surface area contributed by atoms with Gasteiger partial charge >= 0.3 is 12.0 Å². The van der Waals surface area contributed by atoms with Gasteiger partial charge in [0.25, 0.3) is 5.91 Å². The van der Waals surface area contributed by atoms with Crippen molar-refractivity contribution in [1.29, 1.82) is 0 Å². The molecule has 41 heavy (non-hydrogen) atoms. The van der Waals surface area contributed by atoms with E-state index in [-0.39, 0.29) is 30.8 Å². The molecule has 2 aliphatic rings. The minimum Gasteiger partial charge on any atom is -0.481 e. The van der Waals surface area contributed by atoms with Crippen LogP contribution in [-0.2, 0) is 19.8 Å². The zero-order chi connectivity index (χ0) is 29.9. The van der Waals surface area contributed by atoms with Crippen LogP contribution in [0.4, 0.5) is 21.9 Å². The van der Waals surface area contributed by atoms with Crippen molar-refractivity contribution in [2.75, 3.05) is 28.2 Å². The van der Waals surface area contributed by atoms with Crippen molar-refractivity contribution in [2.24, 2.45) is 5.41 Å². The topological polar surface area (TPSA) is 119 Å². The third kappa shape index (κ3) is 6.72. The summed E-state index contributed by atoms with van der Waals surface area (Å²) in [5.74, 6) is -1.40. The lowest BCUT2D eigenvalue weighted by Crippen LogP contribution is -2.55. The minimum absolute atomic E-state index is 0.0761. The van der Waals surface area contributed by atoms with Crippen molar-refractivity contribution < 1.29 is 24.3 Å². The Morgan fingerprint density at radius 2 is 1.59 bits per heavy atom. The number of aliphatic carboxylic acids is 1. The zero-order valence-corrected chi connectivity index (χ0v) is 24.7. The van der Waals surface area contributed by atoms with Gasteiger partial charge in [0.1, 0.15) is 6.04 Å². The monoisotopic (exact) mass is 562 g/mol. The molecule has 3 N–H and O–H groups in total. The predicted octanol–water partition coefficient (Wildman–Crippen LogP) is 5.34. The molecule has 1 fully saturated rings. The molecule has 0 radical (unpaired) electrons. The van der Waals surface area contributed by atoms with E-state index in [0.29, 0.717) is 16.9 Å². The fourth-order valence-corrected chi connectivity index (χ4v) is 5.44. The summed E-state index contributed by atoms with van der Waals surface area (Å²) in [6.07, 6.45) is 5.37. The molecule has 3 amide bonds. The van der Waals surface area contributed by atoms with E-state index in [9.17, 15) is 24.3 Å². The Morgan fingerprint density at radius 3 is 2.22 bits per heavy atom. The molecule has 1 saturated carbocycles. The highest BCUT2D eigenvalue weighted by Gasteiger charge is 2.39. The van der Waals surface area contributed by atoms with Crippen molar-refractivity contribution in [1.82, 2.24) is 5.32 Å². The van der Waals surface area contributed by atoms with E-state index in [0.717, 1.165) is 31.4 Å². The molecular formula is C32H42N4O5. The number of para-hydroxylation sites is 2. The predicted molar refractivity (Wildman–Crippen MR) is 161 cm³/mol. The van der Waals surface area contributed by atoms with Gasteiger partial charge in [0.2, 0.25) is 0 Å². The summed E-state index contributed by atoms with van der Waals surface area (Å²) in [6, 6.07) is 13.1. The summed E-state index contributed by atoms with van der Waals surface area (Å²) in [4.78, 5) is 56.0. The second kappa shape index (κ2) is 11.9. The molecule has 0 spiro atoms. The first-order valence-electron chi connectivity index (χ1n) is 14.4. The Kier molecular flexibility index (Phi) is 8.75. The standard InChI is InChI=1S/C32H42N4O5/c1-31(2,3)27(37)20-36-26-17-10-9-16-25(26)35(23-14-7-6-8-15-23)19-24(28(36)38)34-30(41)33-22-13-11-12-21(18-22)32(4,5)29(39)40/h9-13,16-18,23-24H,6-8,14-15,19-20H2,1-5H3,(H,39,40)(H2,33,34,41). The molecule has 9 heteroatoms. The van der Waals surface area contributed by atoms with Crippen LogP contribution < -0.4 is 20.4 Å². The molecule has 1 aliphatic heterocycles. The molecule has 220 valence electrons. The summed E-state index contributed by atoms with van der Waals surface area (Å²) in [5.41, 5.74) is 0.746. The molecule has 2 aromatic rings. The number of ketones is 1. The molecule has 1 unspecified atom stereocenters. The largest absolute Gasteiger partial charge is 0.481 e. The van der Waals surface area contributed by atoms with E-state index in [1.54, 1.807) is 38.1 Å². The van der Waals surface area contributed by atoms with E-state index in [2.05, 4.69) is 15.5 Å². The van der Waals surface area contributed by atoms with Gasteiger partial charge < -0.3 is 25.5 Å². The number of Topliss-reactive ketones (excluding diaryl/α,β-unsaturated/α-hetero) is 1. The number of fused-ring (bicyclic) bond motifs is 1. The number of urea groups is 1. The lowest BCUT2D eigenvalue weighted by atomic mass is 9.84. The van der Waals surface area contributed by atoms with Crippen LogP contribution in [0.25, 0.3) is 0 Å². The second-order valence-electron chi connectivity index (χ2n) is 12.7. The molecule has 1 atom stereocenters. The SMILES string of the molecule is CC(C)(C)C(=O)CN1C(=O)C(NC(=O)Nc2cccc(C(C)(C)C(=O)O)c2)CN(C2CCCCC2)c2ccccc21. The van der Waals surface area contributed by atoms with Crippen LogP contribution in [0, 0.1) is 5.41 Å². The van der Waals surface area contributed by atoms with Gasteiger partial charge in [-0.05, 0) is 56.5 Å². The Labute approximate surface area is 242 Å². The van der Waals surface area contributed by atoms with Gasteiger partial charge in [-0.25, -0.2) is 4.79 Å². The zero-order valence-electron chi connectivity index (χ0n) is 24.7. The summed E-state index contributed by atoms with van der Waals surface area (Å²) < 4.78 is 0. The number of amides is 3.